The molecule has 0 unspecified atom stereocenters. The average molecular weight is 335 g/mol. The fraction of sp³-hybridized carbons (Fsp3) is 0.294. The number of rotatable bonds is 4. The zero-order valence-corrected chi connectivity index (χ0v) is 13.2. The molecule has 1 aromatic heterocycles. The number of hydrogen-bond acceptors (Lipinski definition) is 4. The molecule has 126 valence electrons. The molecule has 0 aliphatic rings. The minimum Gasteiger partial charge on any atom is -0.416 e. The van der Waals surface area contributed by atoms with E-state index in [1.165, 1.54) is 0 Å². The molecule has 0 N–H and O–H groups in total. The molecule has 0 spiro atoms. The van der Waals surface area contributed by atoms with Gasteiger partial charge in [-0.15, -0.1) is 10.2 Å². The Morgan fingerprint density at radius 1 is 1.08 bits per heavy atom. The van der Waals surface area contributed by atoms with E-state index in [0.717, 1.165) is 16.3 Å². The summed E-state index contributed by atoms with van der Waals surface area (Å²) in [6.45, 7) is 2.28. The molecule has 0 aliphatic carbocycles. The van der Waals surface area contributed by atoms with Crippen molar-refractivity contribution in [1.29, 1.82) is 0 Å². The highest BCUT2D eigenvalue weighted by Crippen LogP contribution is 2.30. The molecule has 3 aromatic rings. The number of fused-ring (bicyclic) bond motifs is 1. The Morgan fingerprint density at radius 3 is 2.50 bits per heavy atom. The Labute approximate surface area is 136 Å². The molecule has 0 saturated carbocycles. The van der Waals surface area contributed by atoms with Crippen molar-refractivity contribution in [3.63, 3.8) is 0 Å². The summed E-state index contributed by atoms with van der Waals surface area (Å²) in [6.07, 6.45) is -4.63. The predicted molar refractivity (Wildman–Crippen MR) is 83.1 cm³/mol. The third-order valence-electron chi connectivity index (χ3n) is 4.00. The first-order valence-corrected chi connectivity index (χ1v) is 7.43. The first kappa shape index (κ1) is 16.4. The van der Waals surface area contributed by atoms with Gasteiger partial charge in [-0.05, 0) is 30.3 Å². The van der Waals surface area contributed by atoms with Gasteiger partial charge in [0.1, 0.15) is 0 Å². The standard InChI is InChI=1S/C17H16F3N3O/c1-11(15-21-22-16(24-15)17(18,19)20)23(2)10-13-8-5-7-12-6-3-4-9-14(12)13/h3-9,11H,10H2,1-2H3/t11-/m0/s1. The van der Waals surface area contributed by atoms with E-state index in [-0.39, 0.29) is 5.89 Å². The SMILES string of the molecule is C[C@@H](c1nnc(C(F)(F)F)o1)N(C)Cc1cccc2ccccc12. The van der Waals surface area contributed by atoms with Crippen LogP contribution in [0.5, 0.6) is 0 Å². The zero-order valence-electron chi connectivity index (χ0n) is 13.2. The van der Waals surface area contributed by atoms with Crippen LogP contribution in [0, 0.1) is 0 Å². The van der Waals surface area contributed by atoms with Crippen LogP contribution in [0.4, 0.5) is 13.2 Å². The maximum atomic E-state index is 12.6. The summed E-state index contributed by atoms with van der Waals surface area (Å²) in [5, 5.41) is 8.84. The smallest absolute Gasteiger partial charge is 0.416 e. The molecule has 7 heteroatoms. The predicted octanol–water partition coefficient (Wildman–Crippen LogP) is 4.43. The Bertz CT molecular complexity index is 839. The van der Waals surface area contributed by atoms with Gasteiger partial charge in [0.05, 0.1) is 6.04 Å². The van der Waals surface area contributed by atoms with E-state index in [2.05, 4.69) is 10.2 Å². The number of benzene rings is 2. The molecule has 4 nitrogen and oxygen atoms in total. The van der Waals surface area contributed by atoms with E-state index in [0.29, 0.717) is 6.54 Å². The third kappa shape index (κ3) is 3.26. The van der Waals surface area contributed by atoms with Crippen LogP contribution in [0.25, 0.3) is 10.8 Å². The second-order valence-electron chi connectivity index (χ2n) is 5.67. The summed E-state index contributed by atoms with van der Waals surface area (Å²) in [6, 6.07) is 13.5. The van der Waals surface area contributed by atoms with Crippen molar-refractivity contribution in [2.75, 3.05) is 7.05 Å². The molecule has 0 bridgehead atoms. The number of hydrogen-bond donors (Lipinski definition) is 0. The number of alkyl halides is 3. The van der Waals surface area contributed by atoms with Crippen LogP contribution in [0.3, 0.4) is 0 Å². The summed E-state index contributed by atoms with van der Waals surface area (Å²) >= 11 is 0. The van der Waals surface area contributed by atoms with E-state index in [4.69, 9.17) is 4.42 Å². The van der Waals surface area contributed by atoms with E-state index < -0.39 is 18.1 Å². The molecule has 1 heterocycles. The summed E-state index contributed by atoms with van der Waals surface area (Å²) < 4.78 is 42.5. The zero-order chi connectivity index (χ0) is 17.3. The molecule has 24 heavy (non-hydrogen) atoms. The Balaban J connectivity index is 1.81. The van der Waals surface area contributed by atoms with Gasteiger partial charge in [-0.3, -0.25) is 4.90 Å². The van der Waals surface area contributed by atoms with Crippen molar-refractivity contribution in [2.45, 2.75) is 25.7 Å². The monoisotopic (exact) mass is 335 g/mol. The Hall–Kier alpha value is -2.41. The second-order valence-corrected chi connectivity index (χ2v) is 5.67. The largest absolute Gasteiger partial charge is 0.470 e. The lowest BCUT2D eigenvalue weighted by Crippen LogP contribution is -2.22. The van der Waals surface area contributed by atoms with Gasteiger partial charge in [0.2, 0.25) is 5.89 Å². The first-order chi connectivity index (χ1) is 11.4. The van der Waals surface area contributed by atoms with Gasteiger partial charge in [-0.1, -0.05) is 42.5 Å². The minimum atomic E-state index is -4.63. The number of halogens is 3. The van der Waals surface area contributed by atoms with Crippen LogP contribution < -0.4 is 0 Å². The van der Waals surface area contributed by atoms with Crippen molar-refractivity contribution in [2.24, 2.45) is 0 Å². The van der Waals surface area contributed by atoms with Gasteiger partial charge in [0.25, 0.3) is 0 Å². The Morgan fingerprint density at radius 2 is 1.79 bits per heavy atom. The molecule has 0 radical (unpaired) electrons. The molecular weight excluding hydrogens is 319 g/mol. The number of nitrogens with zero attached hydrogens (tertiary/aromatic N) is 3. The van der Waals surface area contributed by atoms with Gasteiger partial charge in [0.15, 0.2) is 0 Å². The molecule has 0 saturated heterocycles. The van der Waals surface area contributed by atoms with E-state index in [9.17, 15) is 13.2 Å². The minimum absolute atomic E-state index is 0.0509. The van der Waals surface area contributed by atoms with Crippen LogP contribution in [0.1, 0.15) is 30.3 Å². The van der Waals surface area contributed by atoms with Crippen LogP contribution >= 0.6 is 0 Å². The fourth-order valence-corrected chi connectivity index (χ4v) is 2.54. The van der Waals surface area contributed by atoms with Crippen LogP contribution in [0.2, 0.25) is 0 Å². The lowest BCUT2D eigenvalue weighted by molar-refractivity contribution is -0.157. The molecule has 2 aromatic carbocycles. The van der Waals surface area contributed by atoms with E-state index in [1.807, 2.05) is 54.4 Å². The summed E-state index contributed by atoms with van der Waals surface area (Å²) in [7, 11) is 1.81. The van der Waals surface area contributed by atoms with Gasteiger partial charge < -0.3 is 4.42 Å². The molecule has 0 fully saturated rings. The van der Waals surface area contributed by atoms with E-state index in [1.54, 1.807) is 6.92 Å². The topological polar surface area (TPSA) is 42.2 Å². The van der Waals surface area contributed by atoms with Gasteiger partial charge in [0, 0.05) is 6.54 Å². The molecule has 1 atom stereocenters. The van der Waals surface area contributed by atoms with E-state index >= 15 is 0 Å². The Kier molecular flexibility index (Phi) is 4.28. The molecule has 3 rings (SSSR count). The highest BCUT2D eigenvalue weighted by atomic mass is 19.4. The van der Waals surface area contributed by atoms with Crippen molar-refractivity contribution >= 4 is 10.8 Å². The van der Waals surface area contributed by atoms with Crippen molar-refractivity contribution in [3.8, 4) is 0 Å². The summed E-state index contributed by atoms with van der Waals surface area (Å²) in [5.41, 5.74) is 1.08. The van der Waals surface area contributed by atoms with Crippen molar-refractivity contribution in [3.05, 3.63) is 59.8 Å². The summed E-state index contributed by atoms with van der Waals surface area (Å²) in [5.74, 6) is -1.37. The van der Waals surface area contributed by atoms with Gasteiger partial charge >= 0.3 is 12.1 Å². The van der Waals surface area contributed by atoms with Crippen molar-refractivity contribution < 1.29 is 17.6 Å². The normalized spacial score (nSPS) is 13.6. The van der Waals surface area contributed by atoms with Crippen LogP contribution in [-0.4, -0.2) is 22.1 Å². The number of aromatic nitrogens is 2. The summed E-state index contributed by atoms with van der Waals surface area (Å²) in [4.78, 5) is 1.87. The highest BCUT2D eigenvalue weighted by Gasteiger charge is 2.38. The lowest BCUT2D eigenvalue weighted by atomic mass is 10.0. The van der Waals surface area contributed by atoms with Crippen LogP contribution in [-0.2, 0) is 12.7 Å². The third-order valence-corrected chi connectivity index (χ3v) is 4.00. The maximum absolute atomic E-state index is 12.6. The fourth-order valence-electron chi connectivity index (χ4n) is 2.54. The quantitative estimate of drug-likeness (QED) is 0.707. The van der Waals surface area contributed by atoms with Gasteiger partial charge in [-0.2, -0.15) is 13.2 Å². The maximum Gasteiger partial charge on any atom is 0.470 e. The molecular formula is C17H16F3N3O. The lowest BCUT2D eigenvalue weighted by Gasteiger charge is -2.22. The highest BCUT2D eigenvalue weighted by molar-refractivity contribution is 5.85. The average Bonchev–Trinajstić information content (AvgIpc) is 3.04. The second kappa shape index (κ2) is 6.24. The molecule has 0 aliphatic heterocycles. The molecule has 0 amide bonds. The van der Waals surface area contributed by atoms with Gasteiger partial charge in [-0.25, -0.2) is 0 Å². The first-order valence-electron chi connectivity index (χ1n) is 7.43. The van der Waals surface area contributed by atoms with Crippen molar-refractivity contribution in [1.82, 2.24) is 15.1 Å². The van der Waals surface area contributed by atoms with Crippen LogP contribution in [0.15, 0.2) is 46.9 Å².